The summed E-state index contributed by atoms with van der Waals surface area (Å²) >= 11 is 12.0. The first-order valence-electron chi connectivity index (χ1n) is 4.95. The van der Waals surface area contributed by atoms with Crippen molar-refractivity contribution in [3.8, 4) is 17.3 Å². The van der Waals surface area contributed by atoms with Gasteiger partial charge in [-0.2, -0.15) is 5.26 Å². The van der Waals surface area contributed by atoms with Crippen LogP contribution in [0.5, 0.6) is 0 Å². The molecule has 0 radical (unpaired) electrons. The van der Waals surface area contributed by atoms with E-state index in [0.717, 1.165) is 5.56 Å². The van der Waals surface area contributed by atoms with Crippen molar-refractivity contribution < 1.29 is 0 Å². The Labute approximate surface area is 109 Å². The van der Waals surface area contributed by atoms with Gasteiger partial charge in [0, 0.05) is 10.6 Å². The SMILES string of the molecule is Cc1nc(-c2cc(Cl)ccc2Cl)ccc1C#N. The lowest BCUT2D eigenvalue weighted by Crippen LogP contribution is -1.91. The monoisotopic (exact) mass is 262 g/mol. The van der Waals surface area contributed by atoms with Gasteiger partial charge in [0.15, 0.2) is 0 Å². The quantitative estimate of drug-likeness (QED) is 0.771. The average Bonchev–Trinajstić information content (AvgIpc) is 2.32. The van der Waals surface area contributed by atoms with Crippen LogP contribution in [0.4, 0.5) is 0 Å². The van der Waals surface area contributed by atoms with Gasteiger partial charge in [0.1, 0.15) is 6.07 Å². The average molecular weight is 263 g/mol. The van der Waals surface area contributed by atoms with Crippen LogP contribution in [0.3, 0.4) is 0 Å². The van der Waals surface area contributed by atoms with Crippen LogP contribution >= 0.6 is 23.2 Å². The Bertz CT molecular complexity index is 615. The molecule has 0 aliphatic carbocycles. The van der Waals surface area contributed by atoms with E-state index in [1.54, 1.807) is 37.3 Å². The lowest BCUT2D eigenvalue weighted by Gasteiger charge is -2.06. The van der Waals surface area contributed by atoms with Crippen LogP contribution in [0.15, 0.2) is 30.3 Å². The van der Waals surface area contributed by atoms with Gasteiger partial charge in [0.05, 0.1) is 22.0 Å². The van der Waals surface area contributed by atoms with Gasteiger partial charge in [-0.15, -0.1) is 0 Å². The first kappa shape index (κ1) is 11.9. The smallest absolute Gasteiger partial charge is 0.101 e. The Morgan fingerprint density at radius 1 is 1.18 bits per heavy atom. The third-order valence-corrected chi connectivity index (χ3v) is 2.98. The van der Waals surface area contributed by atoms with Gasteiger partial charge < -0.3 is 0 Å². The fraction of sp³-hybridized carbons (Fsp3) is 0.0769. The zero-order valence-corrected chi connectivity index (χ0v) is 10.5. The highest BCUT2D eigenvalue weighted by Gasteiger charge is 2.07. The van der Waals surface area contributed by atoms with E-state index in [1.165, 1.54) is 0 Å². The summed E-state index contributed by atoms with van der Waals surface area (Å²) < 4.78 is 0. The van der Waals surface area contributed by atoms with Gasteiger partial charge in [-0.1, -0.05) is 23.2 Å². The van der Waals surface area contributed by atoms with Crippen molar-refractivity contribution in [1.29, 1.82) is 5.26 Å². The Balaban J connectivity index is 2.58. The highest BCUT2D eigenvalue weighted by Crippen LogP contribution is 2.29. The summed E-state index contributed by atoms with van der Waals surface area (Å²) in [5, 5.41) is 10.0. The second-order valence-corrected chi connectivity index (χ2v) is 4.41. The summed E-state index contributed by atoms with van der Waals surface area (Å²) in [6.45, 7) is 1.79. The van der Waals surface area contributed by atoms with Gasteiger partial charge in [-0.25, -0.2) is 0 Å². The summed E-state index contributed by atoms with van der Waals surface area (Å²) in [7, 11) is 0. The number of rotatable bonds is 1. The van der Waals surface area contributed by atoms with Crippen molar-refractivity contribution in [2.24, 2.45) is 0 Å². The molecule has 2 aromatic rings. The molecule has 2 nitrogen and oxygen atoms in total. The van der Waals surface area contributed by atoms with Gasteiger partial charge in [0.25, 0.3) is 0 Å². The molecular weight excluding hydrogens is 255 g/mol. The van der Waals surface area contributed by atoms with Crippen molar-refractivity contribution in [1.82, 2.24) is 4.98 Å². The first-order chi connectivity index (χ1) is 8.11. The molecular formula is C13H8Cl2N2. The van der Waals surface area contributed by atoms with E-state index in [0.29, 0.717) is 27.0 Å². The molecule has 0 N–H and O–H groups in total. The summed E-state index contributed by atoms with van der Waals surface area (Å²) in [6, 6.07) is 10.8. The van der Waals surface area contributed by atoms with Crippen LogP contribution < -0.4 is 0 Å². The third kappa shape index (κ3) is 2.41. The predicted molar refractivity (Wildman–Crippen MR) is 69.1 cm³/mol. The molecule has 84 valence electrons. The van der Waals surface area contributed by atoms with E-state index in [4.69, 9.17) is 28.5 Å². The summed E-state index contributed by atoms with van der Waals surface area (Å²) in [6.07, 6.45) is 0. The van der Waals surface area contributed by atoms with E-state index < -0.39 is 0 Å². The molecule has 0 saturated heterocycles. The summed E-state index contributed by atoms with van der Waals surface area (Å²) in [5.74, 6) is 0. The van der Waals surface area contributed by atoms with Gasteiger partial charge in [-0.05, 0) is 37.3 Å². The van der Waals surface area contributed by atoms with Crippen molar-refractivity contribution in [3.05, 3.63) is 51.6 Å². The molecule has 17 heavy (non-hydrogen) atoms. The molecule has 4 heteroatoms. The van der Waals surface area contributed by atoms with Crippen LogP contribution in [-0.2, 0) is 0 Å². The summed E-state index contributed by atoms with van der Waals surface area (Å²) in [4.78, 5) is 4.35. The maximum atomic E-state index is 8.84. The Morgan fingerprint density at radius 3 is 2.59 bits per heavy atom. The van der Waals surface area contributed by atoms with Crippen molar-refractivity contribution in [3.63, 3.8) is 0 Å². The number of pyridine rings is 1. The van der Waals surface area contributed by atoms with Crippen LogP contribution in [-0.4, -0.2) is 4.98 Å². The van der Waals surface area contributed by atoms with E-state index in [9.17, 15) is 0 Å². The van der Waals surface area contributed by atoms with Crippen LogP contribution in [0.25, 0.3) is 11.3 Å². The van der Waals surface area contributed by atoms with E-state index in [2.05, 4.69) is 11.1 Å². The second-order valence-electron chi connectivity index (χ2n) is 3.57. The van der Waals surface area contributed by atoms with Crippen molar-refractivity contribution in [2.45, 2.75) is 6.92 Å². The normalized spacial score (nSPS) is 10.0. The molecule has 0 aliphatic rings. The van der Waals surface area contributed by atoms with E-state index >= 15 is 0 Å². The van der Waals surface area contributed by atoms with E-state index in [-0.39, 0.29) is 0 Å². The molecule has 1 heterocycles. The minimum Gasteiger partial charge on any atom is -0.252 e. The van der Waals surface area contributed by atoms with Crippen molar-refractivity contribution >= 4 is 23.2 Å². The number of hydrogen-bond acceptors (Lipinski definition) is 2. The molecule has 0 saturated carbocycles. The molecule has 0 bridgehead atoms. The lowest BCUT2D eigenvalue weighted by molar-refractivity contribution is 1.18. The van der Waals surface area contributed by atoms with Gasteiger partial charge >= 0.3 is 0 Å². The highest BCUT2D eigenvalue weighted by molar-refractivity contribution is 6.35. The van der Waals surface area contributed by atoms with Gasteiger partial charge in [-0.3, -0.25) is 4.98 Å². The van der Waals surface area contributed by atoms with Gasteiger partial charge in [0.2, 0.25) is 0 Å². The molecule has 1 aromatic carbocycles. The fourth-order valence-electron chi connectivity index (χ4n) is 1.52. The largest absolute Gasteiger partial charge is 0.252 e. The minimum atomic E-state index is 0.562. The topological polar surface area (TPSA) is 36.7 Å². The predicted octanol–water partition coefficient (Wildman–Crippen LogP) is 4.24. The molecule has 2 rings (SSSR count). The molecule has 0 fully saturated rings. The molecule has 0 spiro atoms. The molecule has 0 aliphatic heterocycles. The molecule has 0 amide bonds. The standard InChI is InChI=1S/C13H8Cl2N2/c1-8-9(7-16)2-5-13(17-8)11-6-10(14)3-4-12(11)15/h2-6H,1H3. The maximum Gasteiger partial charge on any atom is 0.101 e. The number of nitrogens with zero attached hydrogens (tertiary/aromatic N) is 2. The van der Waals surface area contributed by atoms with Crippen LogP contribution in [0.2, 0.25) is 10.0 Å². The van der Waals surface area contributed by atoms with Crippen molar-refractivity contribution in [2.75, 3.05) is 0 Å². The maximum absolute atomic E-state index is 8.84. The number of hydrogen-bond donors (Lipinski definition) is 0. The van der Waals surface area contributed by atoms with Crippen LogP contribution in [0, 0.1) is 18.3 Å². The van der Waals surface area contributed by atoms with Crippen LogP contribution in [0.1, 0.15) is 11.3 Å². The number of benzene rings is 1. The molecule has 0 unspecified atom stereocenters. The third-order valence-electron chi connectivity index (χ3n) is 2.41. The second kappa shape index (κ2) is 4.75. The number of nitriles is 1. The fourth-order valence-corrected chi connectivity index (χ4v) is 1.91. The van der Waals surface area contributed by atoms with E-state index in [1.807, 2.05) is 0 Å². The number of halogens is 2. The number of aryl methyl sites for hydroxylation is 1. The Morgan fingerprint density at radius 2 is 1.94 bits per heavy atom. The minimum absolute atomic E-state index is 0.562. The zero-order valence-electron chi connectivity index (χ0n) is 9.04. The Kier molecular flexibility index (Phi) is 3.33. The first-order valence-corrected chi connectivity index (χ1v) is 5.70. The Hall–Kier alpha value is -1.56. The molecule has 1 aromatic heterocycles. The highest BCUT2D eigenvalue weighted by atomic mass is 35.5. The zero-order chi connectivity index (χ0) is 12.4. The lowest BCUT2D eigenvalue weighted by atomic mass is 10.1. The molecule has 0 atom stereocenters. The number of aromatic nitrogens is 1. The summed E-state index contributed by atoms with van der Waals surface area (Å²) in [5.41, 5.74) is 2.73.